The highest BCUT2D eigenvalue weighted by molar-refractivity contribution is 6.00. The standard InChI is InChI=1S/C18H18F4N2O/c1-11(23)7-8-24-17(25)16-10-14(19)5-6-15(16)12-3-2-4-13(9-12)18(20,21)22/h2-6,9-11H,7-8,23H2,1H3,(H,24,25). The van der Waals surface area contributed by atoms with Crippen LogP contribution in [0.3, 0.4) is 0 Å². The molecule has 3 N–H and O–H groups in total. The fourth-order valence-electron chi connectivity index (χ4n) is 2.33. The number of carbonyl (C=O) groups is 1. The van der Waals surface area contributed by atoms with Crippen LogP contribution in [0.1, 0.15) is 29.3 Å². The van der Waals surface area contributed by atoms with Crippen LogP contribution in [0.15, 0.2) is 42.5 Å². The van der Waals surface area contributed by atoms with E-state index in [9.17, 15) is 22.4 Å². The first-order valence-corrected chi connectivity index (χ1v) is 7.69. The summed E-state index contributed by atoms with van der Waals surface area (Å²) in [6, 6.07) is 7.87. The van der Waals surface area contributed by atoms with E-state index in [1.54, 1.807) is 6.92 Å². The lowest BCUT2D eigenvalue weighted by Gasteiger charge is -2.13. The van der Waals surface area contributed by atoms with Gasteiger partial charge in [-0.1, -0.05) is 18.2 Å². The van der Waals surface area contributed by atoms with Gasteiger partial charge in [0.05, 0.1) is 11.1 Å². The first-order valence-electron chi connectivity index (χ1n) is 7.69. The van der Waals surface area contributed by atoms with Crippen LogP contribution < -0.4 is 11.1 Å². The lowest BCUT2D eigenvalue weighted by molar-refractivity contribution is -0.137. The predicted molar refractivity (Wildman–Crippen MR) is 87.4 cm³/mol. The second-order valence-corrected chi connectivity index (χ2v) is 5.79. The van der Waals surface area contributed by atoms with Crippen molar-refractivity contribution in [2.24, 2.45) is 5.73 Å². The predicted octanol–water partition coefficient (Wildman–Crippen LogP) is 3.98. The van der Waals surface area contributed by atoms with Gasteiger partial charge in [0.2, 0.25) is 0 Å². The third kappa shape index (κ3) is 5.03. The first kappa shape index (κ1) is 18.9. The van der Waals surface area contributed by atoms with Gasteiger partial charge in [-0.3, -0.25) is 4.79 Å². The molecule has 1 unspecified atom stereocenters. The summed E-state index contributed by atoms with van der Waals surface area (Å²) in [6.45, 7) is 2.07. The van der Waals surface area contributed by atoms with Crippen LogP contribution in [0.2, 0.25) is 0 Å². The molecule has 134 valence electrons. The third-order valence-electron chi connectivity index (χ3n) is 3.61. The van der Waals surface area contributed by atoms with E-state index in [4.69, 9.17) is 5.73 Å². The number of amides is 1. The number of benzene rings is 2. The molecule has 7 heteroatoms. The Hall–Kier alpha value is -2.41. The Bertz CT molecular complexity index is 757. The molecule has 0 spiro atoms. The SMILES string of the molecule is CC(N)CCNC(=O)c1cc(F)ccc1-c1cccc(C(F)(F)F)c1. The maximum atomic E-state index is 13.6. The molecule has 0 fully saturated rings. The highest BCUT2D eigenvalue weighted by Crippen LogP contribution is 2.33. The highest BCUT2D eigenvalue weighted by Gasteiger charge is 2.30. The van der Waals surface area contributed by atoms with Gasteiger partial charge in [-0.05, 0) is 48.7 Å². The molecule has 1 atom stereocenters. The monoisotopic (exact) mass is 354 g/mol. The summed E-state index contributed by atoms with van der Waals surface area (Å²) in [5.74, 6) is -1.21. The number of hydrogen-bond acceptors (Lipinski definition) is 2. The van der Waals surface area contributed by atoms with Gasteiger partial charge in [-0.2, -0.15) is 13.2 Å². The number of rotatable bonds is 5. The zero-order valence-electron chi connectivity index (χ0n) is 13.5. The molecular formula is C18H18F4N2O. The van der Waals surface area contributed by atoms with E-state index >= 15 is 0 Å². The van der Waals surface area contributed by atoms with Crippen molar-refractivity contribution >= 4 is 5.91 Å². The maximum absolute atomic E-state index is 13.6. The maximum Gasteiger partial charge on any atom is 0.416 e. The number of carbonyl (C=O) groups excluding carboxylic acids is 1. The van der Waals surface area contributed by atoms with Crippen LogP contribution in [-0.2, 0) is 6.18 Å². The number of nitrogens with one attached hydrogen (secondary N) is 1. The van der Waals surface area contributed by atoms with Crippen LogP contribution in [-0.4, -0.2) is 18.5 Å². The van der Waals surface area contributed by atoms with E-state index in [0.717, 1.165) is 24.3 Å². The van der Waals surface area contributed by atoms with E-state index in [-0.39, 0.29) is 29.3 Å². The zero-order chi connectivity index (χ0) is 18.6. The van der Waals surface area contributed by atoms with Gasteiger partial charge in [-0.25, -0.2) is 4.39 Å². The first-order chi connectivity index (χ1) is 11.7. The van der Waals surface area contributed by atoms with E-state index in [2.05, 4.69) is 5.32 Å². The van der Waals surface area contributed by atoms with Crippen LogP contribution >= 0.6 is 0 Å². The Labute approximate surface area is 142 Å². The van der Waals surface area contributed by atoms with Crippen molar-refractivity contribution < 1.29 is 22.4 Å². The molecular weight excluding hydrogens is 336 g/mol. The summed E-state index contributed by atoms with van der Waals surface area (Å²) in [4.78, 5) is 12.3. The summed E-state index contributed by atoms with van der Waals surface area (Å²) in [6.07, 6.45) is -3.98. The molecule has 3 nitrogen and oxygen atoms in total. The minimum Gasteiger partial charge on any atom is -0.352 e. The average Bonchev–Trinajstić information content (AvgIpc) is 2.53. The van der Waals surface area contributed by atoms with Gasteiger partial charge < -0.3 is 11.1 Å². The van der Waals surface area contributed by atoms with Gasteiger partial charge in [-0.15, -0.1) is 0 Å². The summed E-state index contributed by atoms with van der Waals surface area (Å²) in [5.41, 5.74) is 5.16. The molecule has 0 aliphatic carbocycles. The minimum atomic E-state index is -4.50. The lowest BCUT2D eigenvalue weighted by Crippen LogP contribution is -2.29. The molecule has 0 saturated heterocycles. The second-order valence-electron chi connectivity index (χ2n) is 5.79. The van der Waals surface area contributed by atoms with Crippen molar-refractivity contribution in [1.82, 2.24) is 5.32 Å². The fraction of sp³-hybridized carbons (Fsp3) is 0.278. The van der Waals surface area contributed by atoms with Crippen molar-refractivity contribution in [3.05, 3.63) is 59.4 Å². The topological polar surface area (TPSA) is 55.1 Å². The molecule has 1 amide bonds. The van der Waals surface area contributed by atoms with Crippen molar-refractivity contribution in [2.45, 2.75) is 25.6 Å². The van der Waals surface area contributed by atoms with Gasteiger partial charge in [0, 0.05) is 12.6 Å². The van der Waals surface area contributed by atoms with Gasteiger partial charge in [0.25, 0.3) is 5.91 Å². The molecule has 0 aliphatic rings. The molecule has 25 heavy (non-hydrogen) atoms. The smallest absolute Gasteiger partial charge is 0.352 e. The summed E-state index contributed by atoms with van der Waals surface area (Å²) in [5, 5.41) is 2.60. The number of alkyl halides is 3. The second kappa shape index (κ2) is 7.65. The van der Waals surface area contributed by atoms with Crippen molar-refractivity contribution in [3.8, 4) is 11.1 Å². The van der Waals surface area contributed by atoms with Crippen molar-refractivity contribution in [2.75, 3.05) is 6.54 Å². The molecule has 0 aliphatic heterocycles. The molecule has 0 radical (unpaired) electrons. The average molecular weight is 354 g/mol. The van der Waals surface area contributed by atoms with E-state index in [1.807, 2.05) is 0 Å². The molecule has 2 aromatic carbocycles. The number of hydrogen-bond donors (Lipinski definition) is 2. The van der Waals surface area contributed by atoms with Gasteiger partial charge >= 0.3 is 6.18 Å². The number of nitrogens with two attached hydrogens (primary N) is 1. The van der Waals surface area contributed by atoms with E-state index in [1.165, 1.54) is 18.2 Å². The van der Waals surface area contributed by atoms with Gasteiger partial charge in [0.15, 0.2) is 0 Å². The van der Waals surface area contributed by atoms with E-state index < -0.39 is 23.5 Å². The molecule has 0 saturated carbocycles. The Morgan fingerprint density at radius 3 is 2.56 bits per heavy atom. The molecule has 2 aromatic rings. The lowest BCUT2D eigenvalue weighted by atomic mass is 9.97. The van der Waals surface area contributed by atoms with Crippen LogP contribution in [0.25, 0.3) is 11.1 Å². The summed E-state index contributed by atoms with van der Waals surface area (Å²) >= 11 is 0. The van der Waals surface area contributed by atoms with Crippen LogP contribution in [0.4, 0.5) is 17.6 Å². The minimum absolute atomic E-state index is 0.0241. The molecule has 0 aromatic heterocycles. The normalized spacial score (nSPS) is 12.7. The van der Waals surface area contributed by atoms with Crippen molar-refractivity contribution in [3.63, 3.8) is 0 Å². The van der Waals surface area contributed by atoms with Crippen LogP contribution in [0, 0.1) is 5.82 Å². The zero-order valence-corrected chi connectivity index (χ0v) is 13.5. The molecule has 0 bridgehead atoms. The summed E-state index contributed by atoms with van der Waals surface area (Å²) in [7, 11) is 0. The van der Waals surface area contributed by atoms with Crippen molar-refractivity contribution in [1.29, 1.82) is 0 Å². The Morgan fingerprint density at radius 2 is 1.92 bits per heavy atom. The Balaban J connectivity index is 2.37. The number of halogens is 4. The summed E-state index contributed by atoms with van der Waals surface area (Å²) < 4.78 is 52.3. The third-order valence-corrected chi connectivity index (χ3v) is 3.61. The largest absolute Gasteiger partial charge is 0.416 e. The Kier molecular flexibility index (Phi) is 5.79. The highest BCUT2D eigenvalue weighted by atomic mass is 19.4. The quantitative estimate of drug-likeness (QED) is 0.798. The Morgan fingerprint density at radius 1 is 1.20 bits per heavy atom. The molecule has 2 rings (SSSR count). The molecule has 0 heterocycles. The van der Waals surface area contributed by atoms with E-state index in [0.29, 0.717) is 6.42 Å². The van der Waals surface area contributed by atoms with Gasteiger partial charge in [0.1, 0.15) is 5.82 Å². The fourth-order valence-corrected chi connectivity index (χ4v) is 2.33. The van der Waals surface area contributed by atoms with Crippen LogP contribution in [0.5, 0.6) is 0 Å².